The van der Waals surface area contributed by atoms with Gasteiger partial charge in [-0.05, 0) is 47.9 Å². The first-order chi connectivity index (χ1) is 13.1. The number of rotatable bonds is 12. The first kappa shape index (κ1) is 24.2. The lowest BCUT2D eigenvalue weighted by Gasteiger charge is -2.24. The summed E-state index contributed by atoms with van der Waals surface area (Å²) in [5, 5.41) is 0. The van der Waals surface area contributed by atoms with Crippen molar-refractivity contribution in [1.82, 2.24) is 0 Å². The zero-order chi connectivity index (χ0) is 21.2. The highest BCUT2D eigenvalue weighted by Gasteiger charge is 2.22. The van der Waals surface area contributed by atoms with E-state index < -0.39 is 0 Å². The molecule has 1 aromatic carbocycles. The predicted molar refractivity (Wildman–Crippen MR) is 114 cm³/mol. The summed E-state index contributed by atoms with van der Waals surface area (Å²) in [6.07, 6.45) is 6.55. The lowest BCUT2D eigenvalue weighted by Crippen LogP contribution is -2.22. The number of benzene rings is 1. The van der Waals surface area contributed by atoms with Crippen LogP contribution < -0.4 is 0 Å². The molecule has 0 unspecified atom stereocenters. The van der Waals surface area contributed by atoms with Gasteiger partial charge < -0.3 is 9.47 Å². The SMILES string of the molecule is CCCCC(C)(C)COC(=O)c1ccc(C(=O)OCC(C)(C)CCCC)cc1. The van der Waals surface area contributed by atoms with E-state index >= 15 is 0 Å². The summed E-state index contributed by atoms with van der Waals surface area (Å²) in [4.78, 5) is 24.5. The highest BCUT2D eigenvalue weighted by molar-refractivity contribution is 5.93. The fourth-order valence-electron chi connectivity index (χ4n) is 2.89. The van der Waals surface area contributed by atoms with Crippen molar-refractivity contribution in [3.63, 3.8) is 0 Å². The van der Waals surface area contributed by atoms with Gasteiger partial charge in [0, 0.05) is 0 Å². The molecule has 0 aliphatic carbocycles. The largest absolute Gasteiger partial charge is 0.462 e. The highest BCUT2D eigenvalue weighted by Crippen LogP contribution is 2.25. The Kier molecular flexibility index (Phi) is 9.71. The zero-order valence-corrected chi connectivity index (χ0v) is 18.6. The van der Waals surface area contributed by atoms with Crippen molar-refractivity contribution in [3.8, 4) is 0 Å². The molecule has 0 saturated heterocycles. The summed E-state index contributed by atoms with van der Waals surface area (Å²) in [5.74, 6) is -0.713. The van der Waals surface area contributed by atoms with Crippen LogP contribution in [0.2, 0.25) is 0 Å². The number of hydrogen-bond donors (Lipinski definition) is 0. The molecule has 0 amide bonds. The second kappa shape index (κ2) is 11.2. The Morgan fingerprint density at radius 3 is 1.32 bits per heavy atom. The van der Waals surface area contributed by atoms with E-state index in [-0.39, 0.29) is 22.8 Å². The van der Waals surface area contributed by atoms with Crippen molar-refractivity contribution in [2.75, 3.05) is 13.2 Å². The van der Waals surface area contributed by atoms with Gasteiger partial charge in [-0.1, -0.05) is 67.2 Å². The van der Waals surface area contributed by atoms with Gasteiger partial charge in [0.25, 0.3) is 0 Å². The van der Waals surface area contributed by atoms with Crippen LogP contribution in [-0.4, -0.2) is 25.2 Å². The molecule has 0 aliphatic heterocycles. The van der Waals surface area contributed by atoms with Crippen LogP contribution >= 0.6 is 0 Å². The van der Waals surface area contributed by atoms with Crippen LogP contribution in [0.4, 0.5) is 0 Å². The van der Waals surface area contributed by atoms with E-state index in [0.29, 0.717) is 24.3 Å². The lowest BCUT2D eigenvalue weighted by atomic mass is 9.88. The van der Waals surface area contributed by atoms with Gasteiger partial charge in [-0.25, -0.2) is 9.59 Å². The lowest BCUT2D eigenvalue weighted by molar-refractivity contribution is 0.0313. The Morgan fingerprint density at radius 1 is 0.714 bits per heavy atom. The third-order valence-electron chi connectivity index (χ3n) is 4.96. The molecule has 0 saturated carbocycles. The summed E-state index contributed by atoms with van der Waals surface area (Å²) in [6, 6.07) is 6.50. The molecule has 4 nitrogen and oxygen atoms in total. The van der Waals surface area contributed by atoms with Crippen LogP contribution in [0.5, 0.6) is 0 Å². The Hall–Kier alpha value is -1.84. The molecule has 4 heteroatoms. The van der Waals surface area contributed by atoms with E-state index in [2.05, 4.69) is 41.5 Å². The van der Waals surface area contributed by atoms with E-state index in [4.69, 9.17) is 9.47 Å². The van der Waals surface area contributed by atoms with Gasteiger partial charge in [-0.2, -0.15) is 0 Å². The highest BCUT2D eigenvalue weighted by atomic mass is 16.5. The van der Waals surface area contributed by atoms with Crippen LogP contribution in [0, 0.1) is 10.8 Å². The Morgan fingerprint density at radius 2 is 1.04 bits per heavy atom. The van der Waals surface area contributed by atoms with Crippen LogP contribution in [0.3, 0.4) is 0 Å². The van der Waals surface area contributed by atoms with Crippen molar-refractivity contribution in [1.29, 1.82) is 0 Å². The van der Waals surface area contributed by atoms with Gasteiger partial charge in [0.1, 0.15) is 0 Å². The number of carbonyl (C=O) groups is 2. The molecule has 0 atom stereocenters. The molecule has 1 rings (SSSR count). The Balaban J connectivity index is 2.55. The average molecular weight is 391 g/mol. The first-order valence-electron chi connectivity index (χ1n) is 10.5. The molecule has 0 aliphatic rings. The number of ether oxygens (including phenoxy) is 2. The Labute approximate surface area is 171 Å². The minimum absolute atomic E-state index is 0.0278. The van der Waals surface area contributed by atoms with E-state index in [1.54, 1.807) is 24.3 Å². The topological polar surface area (TPSA) is 52.6 Å². The maximum absolute atomic E-state index is 12.3. The summed E-state index contributed by atoms with van der Waals surface area (Å²) >= 11 is 0. The summed E-state index contributed by atoms with van der Waals surface area (Å²) < 4.78 is 10.9. The summed E-state index contributed by atoms with van der Waals surface area (Å²) in [6.45, 7) is 13.5. The van der Waals surface area contributed by atoms with E-state index in [1.165, 1.54) is 0 Å². The quantitative estimate of drug-likeness (QED) is 0.386. The standard InChI is InChI=1S/C24H38O4/c1-7-9-15-23(3,4)17-27-21(25)19-11-13-20(14-12-19)22(26)28-18-24(5,6)16-10-8-2/h11-14H,7-10,15-18H2,1-6H3. The van der Waals surface area contributed by atoms with Gasteiger partial charge >= 0.3 is 11.9 Å². The van der Waals surface area contributed by atoms with Gasteiger partial charge in [0.05, 0.1) is 24.3 Å². The zero-order valence-electron chi connectivity index (χ0n) is 18.6. The van der Waals surface area contributed by atoms with Crippen molar-refractivity contribution >= 4 is 11.9 Å². The Bertz CT molecular complexity index is 559. The molecule has 28 heavy (non-hydrogen) atoms. The van der Waals surface area contributed by atoms with Crippen molar-refractivity contribution in [2.45, 2.75) is 80.1 Å². The fraction of sp³-hybridized carbons (Fsp3) is 0.667. The smallest absolute Gasteiger partial charge is 0.338 e. The number of hydrogen-bond acceptors (Lipinski definition) is 4. The molecule has 0 N–H and O–H groups in total. The molecule has 0 bridgehead atoms. The van der Waals surface area contributed by atoms with Crippen molar-refractivity contribution < 1.29 is 19.1 Å². The molecular formula is C24H38O4. The van der Waals surface area contributed by atoms with Crippen molar-refractivity contribution in [3.05, 3.63) is 35.4 Å². The summed E-state index contributed by atoms with van der Waals surface area (Å²) in [5.41, 5.74) is 0.845. The second-order valence-electron chi connectivity index (χ2n) is 9.27. The van der Waals surface area contributed by atoms with E-state index in [1.807, 2.05) is 0 Å². The third-order valence-corrected chi connectivity index (χ3v) is 4.96. The molecule has 0 spiro atoms. The van der Waals surface area contributed by atoms with Gasteiger partial charge in [-0.15, -0.1) is 0 Å². The molecule has 1 aromatic rings. The fourth-order valence-corrected chi connectivity index (χ4v) is 2.89. The second-order valence-corrected chi connectivity index (χ2v) is 9.27. The van der Waals surface area contributed by atoms with Gasteiger partial charge in [0.2, 0.25) is 0 Å². The van der Waals surface area contributed by atoms with E-state index in [0.717, 1.165) is 38.5 Å². The molecule has 0 aromatic heterocycles. The first-order valence-corrected chi connectivity index (χ1v) is 10.5. The maximum atomic E-state index is 12.3. The van der Waals surface area contributed by atoms with E-state index in [9.17, 15) is 9.59 Å². The third kappa shape index (κ3) is 8.90. The number of esters is 2. The molecule has 0 heterocycles. The predicted octanol–water partition coefficient (Wildman–Crippen LogP) is 6.43. The van der Waals surface area contributed by atoms with Gasteiger partial charge in [0.15, 0.2) is 0 Å². The van der Waals surface area contributed by atoms with Crippen molar-refractivity contribution in [2.24, 2.45) is 10.8 Å². The van der Waals surface area contributed by atoms with Crippen LogP contribution in [0.15, 0.2) is 24.3 Å². The minimum Gasteiger partial charge on any atom is -0.462 e. The van der Waals surface area contributed by atoms with Crippen LogP contribution in [0.1, 0.15) is 101 Å². The van der Waals surface area contributed by atoms with Gasteiger partial charge in [-0.3, -0.25) is 0 Å². The molecule has 0 radical (unpaired) electrons. The number of unbranched alkanes of at least 4 members (excludes halogenated alkanes) is 2. The number of carbonyl (C=O) groups excluding carboxylic acids is 2. The van der Waals surface area contributed by atoms with Crippen LogP contribution in [0.25, 0.3) is 0 Å². The molecule has 158 valence electrons. The van der Waals surface area contributed by atoms with Crippen LogP contribution in [-0.2, 0) is 9.47 Å². The molecule has 0 fully saturated rings. The normalized spacial score (nSPS) is 11.9. The maximum Gasteiger partial charge on any atom is 0.338 e. The minimum atomic E-state index is -0.356. The molecular weight excluding hydrogens is 352 g/mol. The average Bonchev–Trinajstić information content (AvgIpc) is 2.67. The summed E-state index contributed by atoms with van der Waals surface area (Å²) in [7, 11) is 0. The monoisotopic (exact) mass is 390 g/mol.